The first-order valence-electron chi connectivity index (χ1n) is 12.6. The lowest BCUT2D eigenvalue weighted by Crippen LogP contribution is -2.36. The molecule has 1 nitrogen and oxygen atoms in total. The molecule has 1 saturated heterocycles. The van der Waals surface area contributed by atoms with Crippen LogP contribution in [-0.4, -0.2) is 11.7 Å². The molecular weight excluding hydrogens is 328 g/mol. The van der Waals surface area contributed by atoms with Gasteiger partial charge in [-0.25, -0.2) is 0 Å². The summed E-state index contributed by atoms with van der Waals surface area (Å²) in [6.07, 6.45) is 14.9. The molecule has 3 saturated carbocycles. The molecule has 160 valence electrons. The van der Waals surface area contributed by atoms with Gasteiger partial charge in [-0.2, -0.15) is 0 Å². The molecule has 0 aromatic rings. The Labute approximate surface area is 171 Å². The zero-order valence-corrected chi connectivity index (χ0v) is 19.9. The number of epoxide rings is 1. The summed E-state index contributed by atoms with van der Waals surface area (Å²) in [6, 6.07) is 0. The molecule has 0 aromatic heterocycles. The monoisotopic (exact) mass is 378 g/mol. The van der Waals surface area contributed by atoms with E-state index in [2.05, 4.69) is 41.5 Å². The molecule has 0 bridgehead atoms. The van der Waals surface area contributed by atoms with Crippen molar-refractivity contribution in [1.82, 2.24) is 0 Å². The Balaban J connectivity index is 0.000000478. The summed E-state index contributed by atoms with van der Waals surface area (Å²) in [6.45, 7) is 18.0. The summed E-state index contributed by atoms with van der Waals surface area (Å²) in [5.74, 6) is 4.95. The summed E-state index contributed by atoms with van der Waals surface area (Å²) < 4.78 is 6.19. The van der Waals surface area contributed by atoms with Gasteiger partial charge in [-0.05, 0) is 80.5 Å². The molecule has 1 heteroatoms. The molecule has 1 aliphatic heterocycles. The van der Waals surface area contributed by atoms with Gasteiger partial charge in [0.1, 0.15) is 0 Å². The fourth-order valence-electron chi connectivity index (χ4n) is 6.83. The van der Waals surface area contributed by atoms with Gasteiger partial charge in [0.05, 0.1) is 11.7 Å². The van der Waals surface area contributed by atoms with E-state index in [1.165, 1.54) is 57.8 Å². The predicted molar refractivity (Wildman–Crippen MR) is 119 cm³/mol. The van der Waals surface area contributed by atoms with E-state index < -0.39 is 0 Å². The zero-order valence-electron chi connectivity index (χ0n) is 19.9. The van der Waals surface area contributed by atoms with Gasteiger partial charge < -0.3 is 4.74 Å². The number of fused-ring (bicyclic) bond motifs is 2. The maximum absolute atomic E-state index is 6.19. The Hall–Kier alpha value is -0.0400. The zero-order chi connectivity index (χ0) is 20.2. The van der Waals surface area contributed by atoms with Crippen molar-refractivity contribution < 1.29 is 4.74 Å². The molecule has 0 radical (unpaired) electrons. The Morgan fingerprint density at radius 1 is 0.778 bits per heavy atom. The van der Waals surface area contributed by atoms with Gasteiger partial charge in [-0.3, -0.25) is 0 Å². The lowest BCUT2D eigenvalue weighted by atomic mass is 9.63. The number of ether oxygens (including phenoxy) is 1. The van der Waals surface area contributed by atoms with Crippen LogP contribution in [0.2, 0.25) is 0 Å². The fourth-order valence-corrected chi connectivity index (χ4v) is 6.83. The summed E-state index contributed by atoms with van der Waals surface area (Å²) >= 11 is 0. The normalized spacial score (nSPS) is 46.7. The van der Waals surface area contributed by atoms with Crippen LogP contribution in [0.25, 0.3) is 0 Å². The van der Waals surface area contributed by atoms with Crippen LogP contribution >= 0.6 is 0 Å². The first-order chi connectivity index (χ1) is 12.9. The fraction of sp³-hybridized carbons (Fsp3) is 1.00. The average Bonchev–Trinajstić information content (AvgIpc) is 3.51. The maximum atomic E-state index is 6.19. The summed E-state index contributed by atoms with van der Waals surface area (Å²) in [5, 5.41) is 0. The molecule has 0 aromatic carbocycles. The van der Waals surface area contributed by atoms with Gasteiger partial charge >= 0.3 is 0 Å². The van der Waals surface area contributed by atoms with Crippen LogP contribution in [0.5, 0.6) is 0 Å². The van der Waals surface area contributed by atoms with Crippen LogP contribution in [0.4, 0.5) is 0 Å². The van der Waals surface area contributed by atoms with Gasteiger partial charge in [0.2, 0.25) is 0 Å². The topological polar surface area (TPSA) is 12.5 Å². The van der Waals surface area contributed by atoms with Crippen LogP contribution < -0.4 is 0 Å². The summed E-state index contributed by atoms with van der Waals surface area (Å²) in [5.41, 5.74) is 0.996. The van der Waals surface area contributed by atoms with E-state index in [4.69, 9.17) is 4.74 Å². The minimum Gasteiger partial charge on any atom is -0.366 e. The van der Waals surface area contributed by atoms with Crippen LogP contribution in [0.3, 0.4) is 0 Å². The Bertz CT molecular complexity index is 405. The van der Waals surface area contributed by atoms with E-state index in [0.29, 0.717) is 6.10 Å². The van der Waals surface area contributed by atoms with E-state index in [9.17, 15) is 0 Å². The molecule has 27 heavy (non-hydrogen) atoms. The van der Waals surface area contributed by atoms with Crippen molar-refractivity contribution in [3.63, 3.8) is 0 Å². The van der Waals surface area contributed by atoms with Crippen molar-refractivity contribution in [2.45, 2.75) is 131 Å². The van der Waals surface area contributed by atoms with Gasteiger partial charge in [0.15, 0.2) is 0 Å². The van der Waals surface area contributed by atoms with Gasteiger partial charge in [0.25, 0.3) is 0 Å². The Kier molecular flexibility index (Phi) is 8.30. The molecule has 4 aliphatic rings. The highest BCUT2D eigenvalue weighted by Gasteiger charge is 2.63. The molecule has 3 aliphatic carbocycles. The molecule has 8 unspecified atom stereocenters. The molecule has 8 atom stereocenters. The van der Waals surface area contributed by atoms with E-state index in [0.717, 1.165) is 35.0 Å². The van der Waals surface area contributed by atoms with E-state index in [1.54, 1.807) is 6.42 Å². The summed E-state index contributed by atoms with van der Waals surface area (Å²) in [4.78, 5) is 0. The van der Waals surface area contributed by atoms with Crippen molar-refractivity contribution in [1.29, 1.82) is 0 Å². The minimum absolute atomic E-state index is 0.268. The van der Waals surface area contributed by atoms with Crippen LogP contribution in [0.1, 0.15) is 120 Å². The highest BCUT2D eigenvalue weighted by atomic mass is 16.6. The van der Waals surface area contributed by atoms with Crippen LogP contribution in [0.15, 0.2) is 0 Å². The van der Waals surface area contributed by atoms with Gasteiger partial charge in [-0.15, -0.1) is 0 Å². The lowest BCUT2D eigenvalue weighted by molar-refractivity contribution is 0.0952. The quantitative estimate of drug-likeness (QED) is 0.438. The Morgan fingerprint density at radius 3 is 1.89 bits per heavy atom. The van der Waals surface area contributed by atoms with Crippen LogP contribution in [0, 0.1) is 35.0 Å². The van der Waals surface area contributed by atoms with Crippen molar-refractivity contribution in [3.05, 3.63) is 0 Å². The highest BCUT2D eigenvalue weighted by Crippen LogP contribution is 2.68. The SMILES string of the molecule is CC.CCC.CCCC1CC(C2CC(CCC)C3OC3(C)C2)CC2(C)CC12. The van der Waals surface area contributed by atoms with Crippen molar-refractivity contribution in [2.75, 3.05) is 0 Å². The third kappa shape index (κ3) is 5.12. The van der Waals surface area contributed by atoms with E-state index in [-0.39, 0.29) is 5.60 Å². The second-order valence-corrected chi connectivity index (χ2v) is 10.5. The highest BCUT2D eigenvalue weighted by molar-refractivity contribution is 5.12. The second kappa shape index (κ2) is 9.64. The number of rotatable bonds is 5. The van der Waals surface area contributed by atoms with E-state index in [1.807, 2.05) is 13.8 Å². The minimum atomic E-state index is 0.268. The van der Waals surface area contributed by atoms with E-state index >= 15 is 0 Å². The molecule has 0 N–H and O–H groups in total. The molecule has 4 rings (SSSR count). The lowest BCUT2D eigenvalue weighted by Gasteiger charge is -2.41. The third-order valence-electron chi connectivity index (χ3n) is 7.95. The van der Waals surface area contributed by atoms with Gasteiger partial charge in [0, 0.05) is 0 Å². The van der Waals surface area contributed by atoms with Crippen molar-refractivity contribution in [3.8, 4) is 0 Å². The average molecular weight is 379 g/mol. The first-order valence-corrected chi connectivity index (χ1v) is 12.6. The Morgan fingerprint density at radius 2 is 1.30 bits per heavy atom. The third-order valence-corrected chi connectivity index (χ3v) is 7.95. The number of hydrogen-bond acceptors (Lipinski definition) is 1. The van der Waals surface area contributed by atoms with Crippen molar-refractivity contribution >= 4 is 0 Å². The van der Waals surface area contributed by atoms with Gasteiger partial charge in [-0.1, -0.05) is 74.1 Å². The predicted octanol–water partition coefficient (Wildman–Crippen LogP) is 8.27. The molecular formula is C26H50O. The summed E-state index contributed by atoms with van der Waals surface area (Å²) in [7, 11) is 0. The first kappa shape index (κ1) is 23.2. The van der Waals surface area contributed by atoms with Crippen molar-refractivity contribution in [2.24, 2.45) is 35.0 Å². The smallest absolute Gasteiger partial charge is 0.0926 e. The molecule has 4 fully saturated rings. The second-order valence-electron chi connectivity index (χ2n) is 10.5. The molecule has 1 heterocycles. The number of hydrogen-bond donors (Lipinski definition) is 0. The molecule has 0 amide bonds. The van der Waals surface area contributed by atoms with Crippen LogP contribution in [-0.2, 0) is 4.74 Å². The maximum Gasteiger partial charge on any atom is 0.0926 e. The molecule has 0 spiro atoms. The largest absolute Gasteiger partial charge is 0.366 e. The standard InChI is InChI=1S/C21H36O.C3H8.C2H6/c1-5-7-14-9-16(11-20(3)13-18(14)20)17-10-15(8-6-2)19-21(4,12-17)22-19;1-3-2;1-2/h14-19H,5-13H2,1-4H3;3H2,1-2H3;1-2H3.